The van der Waals surface area contributed by atoms with E-state index in [0.717, 1.165) is 13.0 Å². The predicted octanol–water partition coefficient (Wildman–Crippen LogP) is 1.69. The van der Waals surface area contributed by atoms with E-state index < -0.39 is 0 Å². The fourth-order valence-corrected chi connectivity index (χ4v) is 2.71. The summed E-state index contributed by atoms with van der Waals surface area (Å²) in [7, 11) is 0. The molecule has 2 atom stereocenters. The summed E-state index contributed by atoms with van der Waals surface area (Å²) < 4.78 is 11.0. The van der Waals surface area contributed by atoms with Crippen LogP contribution in [0.2, 0.25) is 0 Å². The first-order valence-corrected chi connectivity index (χ1v) is 7.09. The fourth-order valence-electron chi connectivity index (χ4n) is 2.71. The molecule has 2 unspecified atom stereocenters. The minimum atomic E-state index is 0. The number of halogens is 1. The Morgan fingerprint density at radius 3 is 2.71 bits per heavy atom. The first-order valence-electron chi connectivity index (χ1n) is 7.09. The van der Waals surface area contributed by atoms with Crippen molar-refractivity contribution in [1.29, 1.82) is 0 Å². The second-order valence-electron chi connectivity index (χ2n) is 5.54. The number of piperidine rings is 1. The SMILES string of the molecule is CC1CN(C(=O)c2ccc3c(c2)OCCO3)CCC1N.Cl. The molecule has 0 saturated carbocycles. The van der Waals surface area contributed by atoms with Crippen LogP contribution < -0.4 is 15.2 Å². The van der Waals surface area contributed by atoms with Crippen molar-refractivity contribution in [1.82, 2.24) is 4.90 Å². The van der Waals surface area contributed by atoms with Crippen LogP contribution in [-0.2, 0) is 0 Å². The molecule has 1 amide bonds. The smallest absolute Gasteiger partial charge is 0.254 e. The lowest BCUT2D eigenvalue weighted by molar-refractivity contribution is 0.0663. The maximum absolute atomic E-state index is 12.5. The maximum Gasteiger partial charge on any atom is 0.254 e. The van der Waals surface area contributed by atoms with Crippen LogP contribution in [0.5, 0.6) is 11.5 Å². The number of nitrogens with zero attached hydrogens (tertiary/aromatic N) is 1. The van der Waals surface area contributed by atoms with Gasteiger partial charge in [0.2, 0.25) is 0 Å². The molecule has 2 aliphatic heterocycles. The molecule has 0 spiro atoms. The van der Waals surface area contributed by atoms with Crippen molar-refractivity contribution in [2.75, 3.05) is 26.3 Å². The van der Waals surface area contributed by atoms with E-state index >= 15 is 0 Å². The van der Waals surface area contributed by atoms with Gasteiger partial charge in [0.05, 0.1) is 0 Å². The van der Waals surface area contributed by atoms with Gasteiger partial charge in [0, 0.05) is 24.7 Å². The van der Waals surface area contributed by atoms with Crippen LogP contribution in [0.1, 0.15) is 23.7 Å². The Hall–Kier alpha value is -1.46. The van der Waals surface area contributed by atoms with Crippen molar-refractivity contribution in [3.63, 3.8) is 0 Å². The number of likely N-dealkylation sites (tertiary alicyclic amines) is 1. The van der Waals surface area contributed by atoms with Crippen molar-refractivity contribution >= 4 is 18.3 Å². The van der Waals surface area contributed by atoms with E-state index in [4.69, 9.17) is 15.2 Å². The third-order valence-corrected chi connectivity index (χ3v) is 4.05. The Morgan fingerprint density at radius 1 is 1.29 bits per heavy atom. The number of rotatable bonds is 1. The second-order valence-corrected chi connectivity index (χ2v) is 5.54. The van der Waals surface area contributed by atoms with Crippen molar-refractivity contribution in [2.45, 2.75) is 19.4 Å². The largest absolute Gasteiger partial charge is 0.486 e. The van der Waals surface area contributed by atoms with Crippen molar-refractivity contribution in [3.8, 4) is 11.5 Å². The molecule has 0 radical (unpaired) electrons. The lowest BCUT2D eigenvalue weighted by Crippen LogP contribution is -2.48. The van der Waals surface area contributed by atoms with E-state index in [1.54, 1.807) is 18.2 Å². The highest BCUT2D eigenvalue weighted by Gasteiger charge is 2.27. The third kappa shape index (κ3) is 3.24. The van der Waals surface area contributed by atoms with E-state index in [1.165, 1.54) is 0 Å². The van der Waals surface area contributed by atoms with Gasteiger partial charge in [-0.15, -0.1) is 12.4 Å². The maximum atomic E-state index is 12.5. The molecule has 2 heterocycles. The fraction of sp³-hybridized carbons (Fsp3) is 0.533. The zero-order valence-corrected chi connectivity index (χ0v) is 12.9. The number of hydrogen-bond acceptors (Lipinski definition) is 4. The number of carbonyl (C=O) groups is 1. The highest BCUT2D eigenvalue weighted by molar-refractivity contribution is 5.95. The van der Waals surface area contributed by atoms with Crippen LogP contribution >= 0.6 is 12.4 Å². The third-order valence-electron chi connectivity index (χ3n) is 4.05. The molecule has 0 bridgehead atoms. The van der Waals surface area contributed by atoms with Gasteiger partial charge < -0.3 is 20.1 Å². The number of amides is 1. The highest BCUT2D eigenvalue weighted by atomic mass is 35.5. The number of carbonyl (C=O) groups excluding carboxylic acids is 1. The first-order chi connectivity index (χ1) is 9.65. The Morgan fingerprint density at radius 2 is 2.00 bits per heavy atom. The number of hydrogen-bond donors (Lipinski definition) is 1. The van der Waals surface area contributed by atoms with Gasteiger partial charge in [0.25, 0.3) is 5.91 Å². The molecule has 1 fully saturated rings. The molecule has 2 N–H and O–H groups in total. The first kappa shape index (κ1) is 15.9. The topological polar surface area (TPSA) is 64.8 Å². The average molecular weight is 313 g/mol. The Kier molecular flexibility index (Phi) is 4.96. The normalized spacial score (nSPS) is 24.2. The molecule has 21 heavy (non-hydrogen) atoms. The molecule has 1 aromatic carbocycles. The summed E-state index contributed by atoms with van der Waals surface area (Å²) >= 11 is 0. The summed E-state index contributed by atoms with van der Waals surface area (Å²) in [5.74, 6) is 1.75. The number of ether oxygens (including phenoxy) is 2. The summed E-state index contributed by atoms with van der Waals surface area (Å²) in [5.41, 5.74) is 6.65. The lowest BCUT2D eigenvalue weighted by Gasteiger charge is -2.35. The number of benzene rings is 1. The average Bonchev–Trinajstić information content (AvgIpc) is 2.49. The summed E-state index contributed by atoms with van der Waals surface area (Å²) in [6.45, 7) is 4.61. The van der Waals surface area contributed by atoms with E-state index in [9.17, 15) is 4.79 Å². The Labute approximate surface area is 130 Å². The standard InChI is InChI=1S/C15H20N2O3.ClH/c1-10-9-17(5-4-12(10)16)15(18)11-2-3-13-14(8-11)20-7-6-19-13;/h2-3,8,10,12H,4-7,9,16H2,1H3;1H. The highest BCUT2D eigenvalue weighted by Crippen LogP contribution is 2.31. The number of fused-ring (bicyclic) bond motifs is 1. The van der Waals surface area contributed by atoms with Gasteiger partial charge in [-0.2, -0.15) is 0 Å². The van der Waals surface area contributed by atoms with Gasteiger partial charge >= 0.3 is 0 Å². The molecular weight excluding hydrogens is 292 g/mol. The van der Waals surface area contributed by atoms with Crippen LogP contribution in [0.4, 0.5) is 0 Å². The Balaban J connectivity index is 0.00000161. The quantitative estimate of drug-likeness (QED) is 0.857. The molecule has 1 saturated heterocycles. The van der Waals surface area contributed by atoms with Crippen molar-refractivity contribution in [2.24, 2.45) is 11.7 Å². The van der Waals surface area contributed by atoms with E-state index in [0.29, 0.717) is 42.7 Å². The molecule has 0 aromatic heterocycles. The number of nitrogens with two attached hydrogens (primary N) is 1. The van der Waals surface area contributed by atoms with Crippen LogP contribution in [0.15, 0.2) is 18.2 Å². The molecule has 3 rings (SSSR count). The molecule has 116 valence electrons. The minimum Gasteiger partial charge on any atom is -0.486 e. The van der Waals surface area contributed by atoms with Crippen LogP contribution in [0.3, 0.4) is 0 Å². The lowest BCUT2D eigenvalue weighted by atomic mass is 9.94. The zero-order valence-electron chi connectivity index (χ0n) is 12.1. The van der Waals surface area contributed by atoms with Crippen LogP contribution in [-0.4, -0.2) is 43.2 Å². The van der Waals surface area contributed by atoms with Gasteiger partial charge in [-0.25, -0.2) is 0 Å². The van der Waals surface area contributed by atoms with Gasteiger partial charge in [-0.1, -0.05) is 6.92 Å². The zero-order chi connectivity index (χ0) is 14.1. The monoisotopic (exact) mass is 312 g/mol. The predicted molar refractivity (Wildman–Crippen MR) is 82.3 cm³/mol. The van der Waals surface area contributed by atoms with Crippen LogP contribution in [0.25, 0.3) is 0 Å². The van der Waals surface area contributed by atoms with Crippen molar-refractivity contribution < 1.29 is 14.3 Å². The van der Waals surface area contributed by atoms with E-state index in [1.807, 2.05) is 4.90 Å². The molecule has 6 heteroatoms. The summed E-state index contributed by atoms with van der Waals surface area (Å²) in [5, 5.41) is 0. The molecule has 0 aliphatic carbocycles. The second kappa shape index (κ2) is 6.54. The van der Waals surface area contributed by atoms with Crippen molar-refractivity contribution in [3.05, 3.63) is 23.8 Å². The summed E-state index contributed by atoms with van der Waals surface area (Å²) in [6, 6.07) is 5.57. The summed E-state index contributed by atoms with van der Waals surface area (Å²) in [4.78, 5) is 14.4. The molecular formula is C15H21ClN2O3. The van der Waals surface area contributed by atoms with Gasteiger partial charge in [-0.05, 0) is 30.5 Å². The van der Waals surface area contributed by atoms with Gasteiger partial charge in [-0.3, -0.25) is 4.79 Å². The van der Waals surface area contributed by atoms with E-state index in [-0.39, 0.29) is 24.4 Å². The Bertz CT molecular complexity index is 524. The summed E-state index contributed by atoms with van der Waals surface area (Å²) in [6.07, 6.45) is 0.859. The van der Waals surface area contributed by atoms with Gasteiger partial charge in [0.1, 0.15) is 13.2 Å². The van der Waals surface area contributed by atoms with E-state index in [2.05, 4.69) is 6.92 Å². The minimum absolute atomic E-state index is 0. The van der Waals surface area contributed by atoms with Crippen LogP contribution in [0, 0.1) is 5.92 Å². The molecule has 1 aromatic rings. The van der Waals surface area contributed by atoms with Gasteiger partial charge in [0.15, 0.2) is 11.5 Å². The molecule has 2 aliphatic rings. The molecule has 5 nitrogen and oxygen atoms in total.